The molecule has 0 amide bonds. The van der Waals surface area contributed by atoms with Crippen LogP contribution < -0.4 is 0 Å². The predicted octanol–water partition coefficient (Wildman–Crippen LogP) is 15.3. The first-order valence-electron chi connectivity index (χ1n) is 20.1. The number of para-hydroxylation sites is 5. The molecule has 0 radical (unpaired) electrons. The van der Waals surface area contributed by atoms with Gasteiger partial charge in [0.1, 0.15) is 0 Å². The zero-order valence-corrected chi connectivity index (χ0v) is 32.6. The number of thiophene rings is 1. The van der Waals surface area contributed by atoms with Gasteiger partial charge in [-0.2, -0.15) is 0 Å². The van der Waals surface area contributed by atoms with Crippen molar-refractivity contribution in [3.8, 4) is 33.8 Å². The molecule has 0 unspecified atom stereocenters. The largest absolute Gasteiger partial charge is 0.309 e. The fourth-order valence-electron chi connectivity index (χ4n) is 9.74. The molecule has 0 aliphatic carbocycles. The fraction of sp³-hybridized carbons (Fsp3) is 0. The number of nitrogens with zero attached hydrogens (tertiary/aromatic N) is 3. The van der Waals surface area contributed by atoms with E-state index in [0.29, 0.717) is 0 Å². The Morgan fingerprint density at radius 2 is 0.864 bits per heavy atom. The van der Waals surface area contributed by atoms with Crippen molar-refractivity contribution in [3.63, 3.8) is 0 Å². The zero-order valence-electron chi connectivity index (χ0n) is 31.8. The Morgan fingerprint density at radius 1 is 0.356 bits per heavy atom. The second-order valence-electron chi connectivity index (χ2n) is 15.5. The van der Waals surface area contributed by atoms with Crippen LogP contribution in [-0.4, -0.2) is 14.1 Å². The summed E-state index contributed by atoms with van der Waals surface area (Å²) >= 11 is 1.89. The smallest absolute Gasteiger partial charge is 0.0788 e. The first kappa shape index (κ1) is 32.5. The van der Waals surface area contributed by atoms with Crippen molar-refractivity contribution < 1.29 is 0 Å². The third-order valence-corrected chi connectivity index (χ3v) is 13.5. The van der Waals surface area contributed by atoms with Crippen LogP contribution in [0.4, 0.5) is 0 Å². The van der Waals surface area contributed by atoms with Crippen molar-refractivity contribution in [1.82, 2.24) is 14.1 Å². The highest BCUT2D eigenvalue weighted by atomic mass is 32.1. The topological polar surface area (TPSA) is 22.8 Å². The Hall–Kier alpha value is -7.53. The van der Waals surface area contributed by atoms with Gasteiger partial charge in [0.15, 0.2) is 0 Å². The lowest BCUT2D eigenvalue weighted by Gasteiger charge is -2.15. The summed E-state index contributed by atoms with van der Waals surface area (Å²) in [6.07, 6.45) is 0. The lowest BCUT2D eigenvalue weighted by Crippen LogP contribution is -1.94. The van der Waals surface area contributed by atoms with Crippen LogP contribution in [0, 0.1) is 0 Å². The summed E-state index contributed by atoms with van der Waals surface area (Å²) in [6.45, 7) is 0. The molecule has 0 saturated carbocycles. The lowest BCUT2D eigenvalue weighted by atomic mass is 9.91. The van der Waals surface area contributed by atoms with E-state index in [1.165, 1.54) is 85.7 Å². The van der Waals surface area contributed by atoms with Crippen LogP contribution in [0.5, 0.6) is 0 Å². The molecule has 0 spiro atoms. The molecule has 0 fully saturated rings. The highest BCUT2D eigenvalue weighted by Crippen LogP contribution is 2.49. The van der Waals surface area contributed by atoms with E-state index in [1.54, 1.807) is 0 Å². The molecule has 0 bridgehead atoms. The Labute approximate surface area is 343 Å². The molecule has 0 atom stereocenters. The second-order valence-corrected chi connectivity index (χ2v) is 16.5. The monoisotopic (exact) mass is 767 g/mol. The quantitative estimate of drug-likeness (QED) is 0.164. The van der Waals surface area contributed by atoms with Crippen LogP contribution >= 0.6 is 11.3 Å². The summed E-state index contributed by atoms with van der Waals surface area (Å²) in [5.74, 6) is 0. The van der Waals surface area contributed by atoms with Crippen LogP contribution in [0.1, 0.15) is 0 Å². The van der Waals surface area contributed by atoms with Crippen molar-refractivity contribution in [3.05, 3.63) is 200 Å². The molecule has 4 heterocycles. The van der Waals surface area contributed by atoms with Gasteiger partial charge in [-0.15, -0.1) is 11.3 Å². The van der Waals surface area contributed by atoms with Crippen molar-refractivity contribution in [1.29, 1.82) is 0 Å². The van der Waals surface area contributed by atoms with Crippen molar-refractivity contribution in [2.24, 2.45) is 0 Å². The number of aromatic nitrogens is 3. The van der Waals surface area contributed by atoms with Crippen LogP contribution in [-0.2, 0) is 0 Å². The number of benzene rings is 9. The van der Waals surface area contributed by atoms with Gasteiger partial charge in [-0.3, -0.25) is 0 Å². The molecule has 13 rings (SSSR count). The van der Waals surface area contributed by atoms with Gasteiger partial charge in [-0.05, 0) is 84.4 Å². The van der Waals surface area contributed by atoms with Gasteiger partial charge >= 0.3 is 0 Å². The Morgan fingerprint density at radius 3 is 1.53 bits per heavy atom. The number of rotatable bonds is 4. The molecule has 59 heavy (non-hydrogen) atoms. The van der Waals surface area contributed by atoms with Crippen molar-refractivity contribution >= 4 is 96.8 Å². The maximum Gasteiger partial charge on any atom is 0.0788 e. The maximum atomic E-state index is 5.55. The molecular formula is C55H33N3S. The fourth-order valence-corrected chi connectivity index (χ4v) is 11.0. The maximum absolute atomic E-state index is 5.55. The van der Waals surface area contributed by atoms with Crippen LogP contribution in [0.25, 0.3) is 119 Å². The second kappa shape index (κ2) is 12.5. The SMILES string of the molecule is c1ccc(-n2c3ccccc3c3cc(-c4nc5ccccc5c5c4cc(-c4ccc6c(c4)c4ccccc4n6-c4ccccc4)c4sc6ccccc6c45)ccc32)cc1. The van der Waals surface area contributed by atoms with Crippen LogP contribution in [0.2, 0.25) is 0 Å². The third kappa shape index (κ3) is 4.72. The summed E-state index contributed by atoms with van der Waals surface area (Å²) in [6, 6.07) is 72.9. The first-order valence-corrected chi connectivity index (χ1v) is 20.9. The highest BCUT2D eigenvalue weighted by Gasteiger charge is 2.22. The Bertz CT molecular complexity index is 3680. The van der Waals surface area contributed by atoms with E-state index in [0.717, 1.165) is 33.5 Å². The van der Waals surface area contributed by atoms with E-state index in [4.69, 9.17) is 4.98 Å². The van der Waals surface area contributed by atoms with Gasteiger partial charge in [-0.25, -0.2) is 4.98 Å². The van der Waals surface area contributed by atoms with Gasteiger partial charge in [0.2, 0.25) is 0 Å². The summed E-state index contributed by atoms with van der Waals surface area (Å²) in [5.41, 5.74) is 12.6. The summed E-state index contributed by atoms with van der Waals surface area (Å²) in [5, 5.41) is 11.1. The molecule has 13 aromatic rings. The van der Waals surface area contributed by atoms with Crippen molar-refractivity contribution in [2.75, 3.05) is 0 Å². The Balaban J connectivity index is 1.14. The number of fused-ring (bicyclic) bond motifs is 13. The summed E-state index contributed by atoms with van der Waals surface area (Å²) < 4.78 is 7.36. The lowest BCUT2D eigenvalue weighted by molar-refractivity contribution is 1.18. The standard InChI is InChI=1S/C55H33N3S/c1-3-15-36(16-4-1)57-47-24-12-8-19-38(47)43-31-34(27-29-49(43)57)42-33-45-52(53-41-22-10-14-26-51(41)59-55(42)53)40-21-7-11-23-46(40)56-54(45)35-28-30-50-44(32-35)39-20-9-13-25-48(39)58(50)37-17-5-2-6-18-37/h1-33H. The van der Waals surface area contributed by atoms with Crippen LogP contribution in [0.15, 0.2) is 200 Å². The zero-order chi connectivity index (χ0) is 38.6. The van der Waals surface area contributed by atoms with Gasteiger partial charge in [-0.1, -0.05) is 121 Å². The summed E-state index contributed by atoms with van der Waals surface area (Å²) in [7, 11) is 0. The molecule has 0 aliphatic heterocycles. The van der Waals surface area contributed by atoms with Crippen LogP contribution in [0.3, 0.4) is 0 Å². The number of hydrogen-bond donors (Lipinski definition) is 0. The molecule has 3 nitrogen and oxygen atoms in total. The minimum Gasteiger partial charge on any atom is -0.309 e. The Kier molecular flexibility index (Phi) is 6.89. The van der Waals surface area contributed by atoms with E-state index in [1.807, 2.05) is 11.3 Å². The molecule has 0 saturated heterocycles. The minimum absolute atomic E-state index is 0.998. The molecule has 4 heteroatoms. The number of pyridine rings is 1. The number of hydrogen-bond acceptors (Lipinski definition) is 2. The van der Waals surface area contributed by atoms with E-state index in [2.05, 4.69) is 209 Å². The molecular weight excluding hydrogens is 735 g/mol. The normalized spacial score (nSPS) is 12.1. The average Bonchev–Trinajstić information content (AvgIpc) is 3.97. The summed E-state index contributed by atoms with van der Waals surface area (Å²) in [4.78, 5) is 5.55. The van der Waals surface area contributed by atoms with E-state index in [-0.39, 0.29) is 0 Å². The molecule has 0 N–H and O–H groups in total. The molecule has 4 aromatic heterocycles. The van der Waals surface area contributed by atoms with E-state index < -0.39 is 0 Å². The molecule has 274 valence electrons. The highest BCUT2D eigenvalue weighted by molar-refractivity contribution is 7.26. The molecule has 9 aromatic carbocycles. The van der Waals surface area contributed by atoms with Gasteiger partial charge in [0, 0.05) is 80.4 Å². The van der Waals surface area contributed by atoms with Gasteiger partial charge in [0.25, 0.3) is 0 Å². The van der Waals surface area contributed by atoms with Gasteiger partial charge < -0.3 is 9.13 Å². The minimum atomic E-state index is 0.998. The van der Waals surface area contributed by atoms with E-state index >= 15 is 0 Å². The third-order valence-electron chi connectivity index (χ3n) is 12.3. The molecule has 0 aliphatic rings. The average molecular weight is 768 g/mol. The van der Waals surface area contributed by atoms with E-state index in [9.17, 15) is 0 Å². The first-order chi connectivity index (χ1) is 29.3. The predicted molar refractivity (Wildman–Crippen MR) is 252 cm³/mol. The van der Waals surface area contributed by atoms with Crippen molar-refractivity contribution in [2.45, 2.75) is 0 Å². The van der Waals surface area contributed by atoms with Gasteiger partial charge in [0.05, 0.1) is 33.3 Å².